The molecule has 0 unspecified atom stereocenters. The molecule has 1 aliphatic rings. The first-order valence-corrected chi connectivity index (χ1v) is 7.89. The molecule has 1 N–H and O–H groups in total. The lowest BCUT2D eigenvalue weighted by Gasteiger charge is -2.23. The van der Waals surface area contributed by atoms with Crippen molar-refractivity contribution in [1.82, 2.24) is 19.7 Å². The summed E-state index contributed by atoms with van der Waals surface area (Å²) in [5.74, 6) is 0. The minimum absolute atomic E-state index is 0.420. The summed E-state index contributed by atoms with van der Waals surface area (Å²) in [5, 5.41) is 14.4. The monoisotopic (exact) mass is 303 g/mol. The highest BCUT2D eigenvalue weighted by Crippen LogP contribution is 2.33. The minimum Gasteiger partial charge on any atom is -0.346 e. The molecule has 3 aromatic heterocycles. The fourth-order valence-corrected chi connectivity index (χ4v) is 3.36. The van der Waals surface area contributed by atoms with Crippen LogP contribution in [0.2, 0.25) is 0 Å². The maximum atomic E-state index is 8.75. The maximum absolute atomic E-state index is 8.75. The van der Waals surface area contributed by atoms with E-state index in [0.29, 0.717) is 6.04 Å². The van der Waals surface area contributed by atoms with E-state index in [1.165, 1.54) is 5.57 Å². The van der Waals surface area contributed by atoms with Gasteiger partial charge in [0.05, 0.1) is 18.3 Å². The molecule has 114 valence electrons. The number of allylic oxidation sites excluding steroid dienone is 2. The highest BCUT2D eigenvalue weighted by molar-refractivity contribution is 5.92. The third-order valence-corrected chi connectivity index (χ3v) is 4.61. The number of nitriles is 1. The van der Waals surface area contributed by atoms with Crippen LogP contribution in [0.15, 0.2) is 48.6 Å². The van der Waals surface area contributed by atoms with Crippen LogP contribution >= 0.6 is 0 Å². The molecule has 23 heavy (non-hydrogen) atoms. The van der Waals surface area contributed by atoms with E-state index in [2.05, 4.69) is 38.1 Å². The van der Waals surface area contributed by atoms with Gasteiger partial charge in [-0.15, -0.1) is 0 Å². The normalized spacial score (nSPS) is 18.0. The highest BCUT2D eigenvalue weighted by atomic mass is 15.3. The molecule has 0 atom stereocenters. The molecule has 3 aromatic rings. The zero-order valence-electron chi connectivity index (χ0n) is 12.7. The fourth-order valence-electron chi connectivity index (χ4n) is 3.36. The number of hydrogen-bond donors (Lipinski definition) is 1. The predicted octanol–water partition coefficient (Wildman–Crippen LogP) is 3.99. The van der Waals surface area contributed by atoms with E-state index in [-0.39, 0.29) is 0 Å². The SMILES string of the molecule is N#CC=C1CCC(n2cc(-c3ccnc4[nH]ccc34)cn2)CC1. The molecule has 0 spiro atoms. The van der Waals surface area contributed by atoms with Crippen molar-refractivity contribution in [2.75, 3.05) is 0 Å². The Kier molecular flexibility index (Phi) is 3.43. The summed E-state index contributed by atoms with van der Waals surface area (Å²) >= 11 is 0. The Balaban J connectivity index is 1.59. The molecule has 5 heteroatoms. The molecule has 0 radical (unpaired) electrons. The molecule has 0 bridgehead atoms. The Labute approximate surface area is 134 Å². The van der Waals surface area contributed by atoms with Crippen LogP contribution in [0, 0.1) is 11.3 Å². The van der Waals surface area contributed by atoms with Crippen LogP contribution in [0.25, 0.3) is 22.2 Å². The number of aromatic amines is 1. The van der Waals surface area contributed by atoms with E-state index < -0.39 is 0 Å². The Morgan fingerprint density at radius 1 is 1.30 bits per heavy atom. The molecule has 1 fully saturated rings. The largest absolute Gasteiger partial charge is 0.346 e. The highest BCUT2D eigenvalue weighted by Gasteiger charge is 2.19. The summed E-state index contributed by atoms with van der Waals surface area (Å²) in [6.07, 6.45) is 13.6. The second-order valence-corrected chi connectivity index (χ2v) is 5.97. The molecule has 0 aliphatic heterocycles. The number of rotatable bonds is 2. The summed E-state index contributed by atoms with van der Waals surface area (Å²) < 4.78 is 2.08. The fraction of sp³-hybridized carbons (Fsp3) is 0.278. The first-order valence-electron chi connectivity index (χ1n) is 7.89. The Morgan fingerprint density at radius 2 is 2.17 bits per heavy atom. The molecule has 4 rings (SSSR count). The van der Waals surface area contributed by atoms with Gasteiger partial charge in [0.15, 0.2) is 0 Å². The summed E-state index contributed by atoms with van der Waals surface area (Å²) in [6, 6.07) is 6.64. The van der Waals surface area contributed by atoms with Crippen LogP contribution in [0.5, 0.6) is 0 Å². The van der Waals surface area contributed by atoms with Gasteiger partial charge in [-0.2, -0.15) is 10.4 Å². The molecular weight excluding hydrogens is 286 g/mol. The minimum atomic E-state index is 0.420. The van der Waals surface area contributed by atoms with E-state index in [0.717, 1.165) is 47.8 Å². The number of aromatic nitrogens is 4. The third-order valence-electron chi connectivity index (χ3n) is 4.61. The standard InChI is InChI=1S/C18H17N5/c19-8-5-13-1-3-15(4-2-13)23-12-14(11-22-23)16-6-9-20-18-17(16)7-10-21-18/h5-7,9-12,15H,1-4H2,(H,20,21). The van der Waals surface area contributed by atoms with Crippen molar-refractivity contribution in [3.05, 3.63) is 48.6 Å². The first-order chi connectivity index (χ1) is 11.3. The number of H-pyrrole nitrogens is 1. The number of nitrogens with one attached hydrogen (secondary N) is 1. The van der Waals surface area contributed by atoms with E-state index in [4.69, 9.17) is 5.26 Å². The van der Waals surface area contributed by atoms with Crippen molar-refractivity contribution in [3.63, 3.8) is 0 Å². The van der Waals surface area contributed by atoms with Gasteiger partial charge in [0.1, 0.15) is 5.65 Å². The topological polar surface area (TPSA) is 70.3 Å². The lowest BCUT2D eigenvalue weighted by molar-refractivity contribution is 0.368. The van der Waals surface area contributed by atoms with Gasteiger partial charge in [-0.25, -0.2) is 4.98 Å². The lowest BCUT2D eigenvalue weighted by Crippen LogP contribution is -2.14. The van der Waals surface area contributed by atoms with Crippen LogP contribution in [-0.4, -0.2) is 19.7 Å². The predicted molar refractivity (Wildman–Crippen MR) is 88.5 cm³/mol. The summed E-state index contributed by atoms with van der Waals surface area (Å²) in [5.41, 5.74) is 4.44. The van der Waals surface area contributed by atoms with Gasteiger partial charge >= 0.3 is 0 Å². The second kappa shape index (κ2) is 5.73. The van der Waals surface area contributed by atoms with Crippen molar-refractivity contribution in [2.45, 2.75) is 31.7 Å². The van der Waals surface area contributed by atoms with E-state index >= 15 is 0 Å². The van der Waals surface area contributed by atoms with Crippen LogP contribution in [0.1, 0.15) is 31.7 Å². The lowest BCUT2D eigenvalue weighted by atomic mass is 9.91. The van der Waals surface area contributed by atoms with Gasteiger partial charge in [0.2, 0.25) is 0 Å². The number of fused-ring (bicyclic) bond motifs is 1. The van der Waals surface area contributed by atoms with Crippen LogP contribution in [-0.2, 0) is 0 Å². The van der Waals surface area contributed by atoms with Gasteiger partial charge in [0, 0.05) is 35.6 Å². The molecule has 0 saturated heterocycles. The molecule has 0 aromatic carbocycles. The van der Waals surface area contributed by atoms with Gasteiger partial charge in [0.25, 0.3) is 0 Å². The Bertz CT molecular complexity index is 899. The number of nitrogens with zero attached hydrogens (tertiary/aromatic N) is 4. The molecule has 5 nitrogen and oxygen atoms in total. The smallest absolute Gasteiger partial charge is 0.137 e. The number of pyridine rings is 1. The zero-order chi connectivity index (χ0) is 15.6. The molecule has 1 saturated carbocycles. The summed E-state index contributed by atoms with van der Waals surface area (Å²) in [6.45, 7) is 0. The quantitative estimate of drug-likeness (QED) is 0.728. The third kappa shape index (κ3) is 2.53. The zero-order valence-corrected chi connectivity index (χ0v) is 12.7. The van der Waals surface area contributed by atoms with Crippen molar-refractivity contribution in [2.24, 2.45) is 0 Å². The summed E-state index contributed by atoms with van der Waals surface area (Å²) in [4.78, 5) is 7.48. The van der Waals surface area contributed by atoms with Crippen LogP contribution in [0.4, 0.5) is 0 Å². The summed E-state index contributed by atoms with van der Waals surface area (Å²) in [7, 11) is 0. The van der Waals surface area contributed by atoms with Crippen molar-refractivity contribution in [3.8, 4) is 17.2 Å². The maximum Gasteiger partial charge on any atom is 0.137 e. The van der Waals surface area contributed by atoms with E-state index in [1.807, 2.05) is 24.7 Å². The van der Waals surface area contributed by atoms with Gasteiger partial charge < -0.3 is 4.98 Å². The number of hydrogen-bond acceptors (Lipinski definition) is 3. The van der Waals surface area contributed by atoms with Crippen molar-refractivity contribution >= 4 is 11.0 Å². The van der Waals surface area contributed by atoms with E-state index in [9.17, 15) is 0 Å². The molecule has 1 aliphatic carbocycles. The average Bonchev–Trinajstić information content (AvgIpc) is 3.25. The second-order valence-electron chi connectivity index (χ2n) is 5.97. The Morgan fingerprint density at radius 3 is 3.00 bits per heavy atom. The van der Waals surface area contributed by atoms with E-state index in [1.54, 1.807) is 6.08 Å². The first kappa shape index (κ1) is 13.8. The van der Waals surface area contributed by atoms with Gasteiger partial charge in [-0.1, -0.05) is 5.57 Å². The molecule has 3 heterocycles. The van der Waals surface area contributed by atoms with Gasteiger partial charge in [-0.3, -0.25) is 4.68 Å². The van der Waals surface area contributed by atoms with Crippen molar-refractivity contribution < 1.29 is 0 Å². The molecular formula is C18H17N5. The average molecular weight is 303 g/mol. The van der Waals surface area contributed by atoms with Crippen LogP contribution in [0.3, 0.4) is 0 Å². The van der Waals surface area contributed by atoms with Crippen LogP contribution < -0.4 is 0 Å². The van der Waals surface area contributed by atoms with Crippen molar-refractivity contribution in [1.29, 1.82) is 5.26 Å². The molecule has 0 amide bonds. The Hall–Kier alpha value is -2.87. The van der Waals surface area contributed by atoms with Gasteiger partial charge in [-0.05, 0) is 43.4 Å².